The SMILES string of the molecule is C=CCSCCNCc1cccc(C#N)c1.Cl. The lowest BCUT2D eigenvalue weighted by Crippen LogP contribution is -2.16. The molecule has 1 N–H and O–H groups in total. The molecule has 1 aromatic carbocycles. The molecule has 0 aliphatic heterocycles. The van der Waals surface area contributed by atoms with E-state index >= 15 is 0 Å². The molecule has 92 valence electrons. The minimum absolute atomic E-state index is 0. The molecule has 17 heavy (non-hydrogen) atoms. The normalized spacial score (nSPS) is 9.12. The van der Waals surface area contributed by atoms with Crippen molar-refractivity contribution in [1.29, 1.82) is 5.26 Å². The molecule has 0 unspecified atom stereocenters. The molecule has 1 aromatic rings. The van der Waals surface area contributed by atoms with Gasteiger partial charge in [0.05, 0.1) is 11.6 Å². The number of nitrogens with zero attached hydrogens (tertiary/aromatic N) is 1. The zero-order valence-corrected chi connectivity index (χ0v) is 11.3. The Hall–Kier alpha value is -0.950. The molecular formula is C13H17ClN2S. The maximum Gasteiger partial charge on any atom is 0.0991 e. The van der Waals surface area contributed by atoms with Crippen molar-refractivity contribution in [2.75, 3.05) is 18.1 Å². The minimum Gasteiger partial charge on any atom is -0.312 e. The summed E-state index contributed by atoms with van der Waals surface area (Å²) in [4.78, 5) is 0. The topological polar surface area (TPSA) is 35.8 Å². The molecule has 2 nitrogen and oxygen atoms in total. The highest BCUT2D eigenvalue weighted by atomic mass is 35.5. The van der Waals surface area contributed by atoms with Crippen LogP contribution in [0.3, 0.4) is 0 Å². The van der Waals surface area contributed by atoms with Crippen LogP contribution >= 0.6 is 24.2 Å². The highest BCUT2D eigenvalue weighted by Gasteiger charge is 1.94. The van der Waals surface area contributed by atoms with E-state index in [1.807, 2.05) is 42.1 Å². The van der Waals surface area contributed by atoms with Gasteiger partial charge in [-0.2, -0.15) is 17.0 Å². The number of rotatable bonds is 7. The van der Waals surface area contributed by atoms with Crippen LogP contribution in [0.25, 0.3) is 0 Å². The van der Waals surface area contributed by atoms with Crippen molar-refractivity contribution in [1.82, 2.24) is 5.32 Å². The summed E-state index contributed by atoms with van der Waals surface area (Å²) < 4.78 is 0. The predicted molar refractivity (Wildman–Crippen MR) is 77.6 cm³/mol. The average Bonchev–Trinajstić information content (AvgIpc) is 2.34. The summed E-state index contributed by atoms with van der Waals surface area (Å²) >= 11 is 1.86. The largest absolute Gasteiger partial charge is 0.312 e. The first kappa shape index (κ1) is 16.1. The summed E-state index contributed by atoms with van der Waals surface area (Å²) in [6.07, 6.45) is 1.92. The van der Waals surface area contributed by atoms with Gasteiger partial charge in [-0.1, -0.05) is 18.2 Å². The average molecular weight is 269 g/mol. The molecule has 0 saturated heterocycles. The number of hydrogen-bond acceptors (Lipinski definition) is 3. The van der Waals surface area contributed by atoms with Crippen molar-refractivity contribution >= 4 is 24.2 Å². The van der Waals surface area contributed by atoms with Gasteiger partial charge in [-0.15, -0.1) is 19.0 Å². The van der Waals surface area contributed by atoms with Gasteiger partial charge in [0.2, 0.25) is 0 Å². The lowest BCUT2D eigenvalue weighted by atomic mass is 10.1. The predicted octanol–water partition coefficient (Wildman–Crippen LogP) is 2.99. The lowest BCUT2D eigenvalue weighted by Gasteiger charge is -2.04. The van der Waals surface area contributed by atoms with Gasteiger partial charge >= 0.3 is 0 Å². The molecule has 0 atom stereocenters. The summed E-state index contributed by atoms with van der Waals surface area (Å²) in [5.74, 6) is 2.09. The van der Waals surface area contributed by atoms with Crippen molar-refractivity contribution in [3.8, 4) is 6.07 Å². The molecule has 0 bridgehead atoms. The van der Waals surface area contributed by atoms with Crippen molar-refractivity contribution in [2.24, 2.45) is 0 Å². The van der Waals surface area contributed by atoms with Crippen molar-refractivity contribution in [3.63, 3.8) is 0 Å². The van der Waals surface area contributed by atoms with E-state index in [0.29, 0.717) is 0 Å². The highest BCUT2D eigenvalue weighted by Crippen LogP contribution is 2.04. The van der Waals surface area contributed by atoms with Crippen LogP contribution < -0.4 is 5.32 Å². The smallest absolute Gasteiger partial charge is 0.0991 e. The highest BCUT2D eigenvalue weighted by molar-refractivity contribution is 7.99. The minimum atomic E-state index is 0. The fourth-order valence-corrected chi connectivity index (χ4v) is 1.92. The molecule has 0 heterocycles. The molecule has 0 amide bonds. The summed E-state index contributed by atoms with van der Waals surface area (Å²) in [7, 11) is 0. The van der Waals surface area contributed by atoms with Crippen LogP contribution in [0.2, 0.25) is 0 Å². The Morgan fingerprint density at radius 3 is 3.00 bits per heavy atom. The fraction of sp³-hybridized carbons (Fsp3) is 0.308. The Labute approximate surface area is 114 Å². The van der Waals surface area contributed by atoms with Crippen LogP contribution in [0.5, 0.6) is 0 Å². The first-order valence-electron chi connectivity index (χ1n) is 5.25. The molecule has 0 saturated carbocycles. The molecule has 0 aromatic heterocycles. The Kier molecular flexibility index (Phi) is 9.65. The van der Waals surface area contributed by atoms with Crippen LogP contribution in [0.4, 0.5) is 0 Å². The summed E-state index contributed by atoms with van der Waals surface area (Å²) in [5, 5.41) is 12.1. The third-order valence-electron chi connectivity index (χ3n) is 2.04. The van der Waals surface area contributed by atoms with Crippen molar-refractivity contribution in [2.45, 2.75) is 6.54 Å². The van der Waals surface area contributed by atoms with Gasteiger partial charge < -0.3 is 5.32 Å². The monoisotopic (exact) mass is 268 g/mol. The van der Waals surface area contributed by atoms with E-state index in [1.165, 1.54) is 0 Å². The lowest BCUT2D eigenvalue weighted by molar-refractivity contribution is 0.732. The van der Waals surface area contributed by atoms with Crippen LogP contribution in [-0.4, -0.2) is 18.1 Å². The first-order valence-corrected chi connectivity index (χ1v) is 6.40. The van der Waals surface area contributed by atoms with Gasteiger partial charge in [0.25, 0.3) is 0 Å². The van der Waals surface area contributed by atoms with E-state index in [0.717, 1.165) is 35.7 Å². The van der Waals surface area contributed by atoms with E-state index in [9.17, 15) is 0 Å². The van der Waals surface area contributed by atoms with Crippen molar-refractivity contribution < 1.29 is 0 Å². The number of hydrogen-bond donors (Lipinski definition) is 1. The van der Waals surface area contributed by atoms with Gasteiger partial charge in [0, 0.05) is 24.6 Å². The third kappa shape index (κ3) is 7.06. The molecule has 0 spiro atoms. The van der Waals surface area contributed by atoms with E-state index in [2.05, 4.69) is 18.0 Å². The van der Waals surface area contributed by atoms with E-state index in [1.54, 1.807) is 0 Å². The summed E-state index contributed by atoms with van der Waals surface area (Å²) in [5.41, 5.74) is 1.88. The van der Waals surface area contributed by atoms with E-state index < -0.39 is 0 Å². The molecule has 0 radical (unpaired) electrons. The number of thioether (sulfide) groups is 1. The third-order valence-corrected chi connectivity index (χ3v) is 3.01. The van der Waals surface area contributed by atoms with E-state index in [4.69, 9.17) is 5.26 Å². The van der Waals surface area contributed by atoms with Crippen LogP contribution in [-0.2, 0) is 6.54 Å². The Balaban J connectivity index is 0.00000256. The Morgan fingerprint density at radius 1 is 1.47 bits per heavy atom. The van der Waals surface area contributed by atoms with Gasteiger partial charge in [-0.25, -0.2) is 0 Å². The second-order valence-corrected chi connectivity index (χ2v) is 4.50. The van der Waals surface area contributed by atoms with Crippen LogP contribution in [0.1, 0.15) is 11.1 Å². The second-order valence-electron chi connectivity index (χ2n) is 3.35. The zero-order chi connectivity index (χ0) is 11.6. The molecule has 0 fully saturated rings. The number of nitriles is 1. The van der Waals surface area contributed by atoms with Gasteiger partial charge in [0.15, 0.2) is 0 Å². The molecule has 4 heteroatoms. The molecule has 1 rings (SSSR count). The first-order chi connectivity index (χ1) is 7.86. The summed E-state index contributed by atoms with van der Waals surface area (Å²) in [6, 6.07) is 9.84. The maximum absolute atomic E-state index is 8.75. The second kappa shape index (κ2) is 10.2. The summed E-state index contributed by atoms with van der Waals surface area (Å²) in [6.45, 7) is 5.48. The quantitative estimate of drug-likeness (QED) is 0.610. The molecule has 0 aliphatic rings. The van der Waals surface area contributed by atoms with Crippen LogP contribution in [0, 0.1) is 11.3 Å². The van der Waals surface area contributed by atoms with Gasteiger partial charge in [-0.05, 0) is 17.7 Å². The number of benzene rings is 1. The Bertz CT molecular complexity index is 374. The fourth-order valence-electron chi connectivity index (χ4n) is 1.29. The number of nitrogens with one attached hydrogen (secondary N) is 1. The molecular weight excluding hydrogens is 252 g/mol. The van der Waals surface area contributed by atoms with Crippen molar-refractivity contribution in [3.05, 3.63) is 48.0 Å². The van der Waals surface area contributed by atoms with Gasteiger partial charge in [-0.3, -0.25) is 0 Å². The Morgan fingerprint density at radius 2 is 2.29 bits per heavy atom. The van der Waals surface area contributed by atoms with Gasteiger partial charge in [0.1, 0.15) is 0 Å². The zero-order valence-electron chi connectivity index (χ0n) is 9.69. The maximum atomic E-state index is 8.75. The van der Waals surface area contributed by atoms with E-state index in [-0.39, 0.29) is 12.4 Å². The number of halogens is 1. The standard InChI is InChI=1S/C13H16N2S.ClH/c1-2-7-16-8-6-15-11-13-5-3-4-12(9-13)10-14;/h2-5,9,15H,1,6-8,11H2;1H. The van der Waals surface area contributed by atoms with Crippen LogP contribution in [0.15, 0.2) is 36.9 Å². The molecule has 0 aliphatic carbocycles.